The molecule has 4 heteroatoms. The summed E-state index contributed by atoms with van der Waals surface area (Å²) in [5.41, 5.74) is 1.83. The summed E-state index contributed by atoms with van der Waals surface area (Å²) in [6, 6.07) is 0.480. The Kier molecular flexibility index (Phi) is 4.86. The van der Waals surface area contributed by atoms with Crippen LogP contribution in [-0.2, 0) is 0 Å². The van der Waals surface area contributed by atoms with Crippen molar-refractivity contribution in [3.8, 4) is 0 Å². The Morgan fingerprint density at radius 3 is 2.50 bits per heavy atom. The third-order valence-electron chi connectivity index (χ3n) is 5.10. The number of thiophene rings is 1. The summed E-state index contributed by atoms with van der Waals surface area (Å²) in [6.07, 6.45) is 8.25. The molecule has 1 aliphatic carbocycles. The molecule has 112 valence electrons. The second-order valence-corrected chi connectivity index (χ2v) is 7.77. The summed E-state index contributed by atoms with van der Waals surface area (Å²) in [5, 5.41) is 8.39. The molecule has 2 fully saturated rings. The van der Waals surface area contributed by atoms with E-state index in [-0.39, 0.29) is 0 Å². The third kappa shape index (κ3) is 2.60. The highest BCUT2D eigenvalue weighted by molar-refractivity contribution is 9.10. The van der Waals surface area contributed by atoms with E-state index in [0.717, 1.165) is 6.54 Å². The van der Waals surface area contributed by atoms with Crippen LogP contribution in [0.4, 0.5) is 0 Å². The fourth-order valence-corrected chi connectivity index (χ4v) is 5.78. The maximum Gasteiger partial charge on any atom is 0.0526 e. The van der Waals surface area contributed by atoms with Crippen molar-refractivity contribution >= 4 is 27.3 Å². The fourth-order valence-electron chi connectivity index (χ4n) is 4.23. The maximum absolute atomic E-state index is 3.82. The summed E-state index contributed by atoms with van der Waals surface area (Å²) < 4.78 is 1.29. The Hall–Kier alpha value is 0.1000. The van der Waals surface area contributed by atoms with Crippen molar-refractivity contribution < 1.29 is 0 Å². The molecule has 0 radical (unpaired) electrons. The smallest absolute Gasteiger partial charge is 0.0526 e. The van der Waals surface area contributed by atoms with Crippen molar-refractivity contribution in [2.75, 3.05) is 19.6 Å². The number of rotatable bonds is 5. The van der Waals surface area contributed by atoms with Crippen LogP contribution in [0.25, 0.3) is 0 Å². The van der Waals surface area contributed by atoms with E-state index in [0.29, 0.717) is 11.6 Å². The first-order valence-corrected chi connectivity index (χ1v) is 9.71. The topological polar surface area (TPSA) is 15.3 Å². The standard InChI is InChI=1S/C16H25BrN2S/c1-2-18-15(13-11-20-12-14(13)17)16(7-3-4-8-16)19-9-5-6-10-19/h11-12,15,18H,2-10H2,1H3. The zero-order chi connectivity index (χ0) is 14.0. The molecular weight excluding hydrogens is 332 g/mol. The number of hydrogen-bond acceptors (Lipinski definition) is 3. The Labute approximate surface area is 135 Å². The van der Waals surface area contributed by atoms with E-state index >= 15 is 0 Å². The number of nitrogens with zero attached hydrogens (tertiary/aromatic N) is 1. The lowest BCUT2D eigenvalue weighted by Gasteiger charge is -2.45. The van der Waals surface area contributed by atoms with E-state index < -0.39 is 0 Å². The summed E-state index contributed by atoms with van der Waals surface area (Å²) in [4.78, 5) is 2.80. The van der Waals surface area contributed by atoms with Gasteiger partial charge in [0.1, 0.15) is 0 Å². The SMILES string of the molecule is CCNC(c1cscc1Br)C1(N2CCCC2)CCCC1. The van der Waals surface area contributed by atoms with Gasteiger partial charge in [0, 0.05) is 15.4 Å². The van der Waals surface area contributed by atoms with Crippen LogP contribution in [-0.4, -0.2) is 30.1 Å². The Morgan fingerprint density at radius 1 is 1.25 bits per heavy atom. The first kappa shape index (κ1) is 15.0. The molecule has 3 rings (SSSR count). The first-order valence-electron chi connectivity index (χ1n) is 7.98. The molecule has 1 N–H and O–H groups in total. The molecule has 1 aromatic heterocycles. The van der Waals surface area contributed by atoms with Crippen molar-refractivity contribution in [1.29, 1.82) is 0 Å². The van der Waals surface area contributed by atoms with Gasteiger partial charge in [0.25, 0.3) is 0 Å². The van der Waals surface area contributed by atoms with Crippen LogP contribution >= 0.6 is 27.3 Å². The first-order chi connectivity index (χ1) is 9.78. The van der Waals surface area contributed by atoms with Crippen LogP contribution in [0.15, 0.2) is 15.2 Å². The lowest BCUT2D eigenvalue weighted by atomic mass is 9.83. The lowest BCUT2D eigenvalue weighted by Crippen LogP contribution is -2.54. The molecule has 1 atom stereocenters. The summed E-state index contributed by atoms with van der Waals surface area (Å²) in [6.45, 7) is 5.87. The van der Waals surface area contributed by atoms with Gasteiger partial charge in [0.2, 0.25) is 0 Å². The van der Waals surface area contributed by atoms with E-state index in [1.54, 1.807) is 0 Å². The van der Waals surface area contributed by atoms with Gasteiger partial charge < -0.3 is 5.32 Å². The minimum absolute atomic E-state index is 0.357. The molecule has 0 aromatic carbocycles. The van der Waals surface area contributed by atoms with Crippen molar-refractivity contribution in [2.24, 2.45) is 0 Å². The fraction of sp³-hybridized carbons (Fsp3) is 0.750. The van der Waals surface area contributed by atoms with Gasteiger partial charge in [-0.1, -0.05) is 19.8 Å². The van der Waals surface area contributed by atoms with Crippen molar-refractivity contribution in [2.45, 2.75) is 57.0 Å². The van der Waals surface area contributed by atoms with Gasteiger partial charge in [-0.15, -0.1) is 0 Å². The maximum atomic E-state index is 3.82. The highest BCUT2D eigenvalue weighted by Crippen LogP contribution is 2.47. The number of likely N-dealkylation sites (tertiary alicyclic amines) is 1. The molecular formula is C16H25BrN2S. The average molecular weight is 357 g/mol. The monoisotopic (exact) mass is 356 g/mol. The van der Waals surface area contributed by atoms with Crippen LogP contribution in [0.3, 0.4) is 0 Å². The van der Waals surface area contributed by atoms with Gasteiger partial charge in [-0.25, -0.2) is 0 Å². The lowest BCUT2D eigenvalue weighted by molar-refractivity contribution is 0.0770. The molecule has 2 aliphatic rings. The van der Waals surface area contributed by atoms with Crippen LogP contribution < -0.4 is 5.32 Å². The van der Waals surface area contributed by atoms with Crippen LogP contribution in [0.5, 0.6) is 0 Å². The Bertz CT molecular complexity index is 433. The normalized spacial score (nSPS) is 24.3. The summed E-state index contributed by atoms with van der Waals surface area (Å²) in [7, 11) is 0. The van der Waals surface area contributed by atoms with Gasteiger partial charge in [-0.05, 0) is 72.2 Å². The number of nitrogens with one attached hydrogen (secondary N) is 1. The van der Waals surface area contributed by atoms with E-state index in [1.165, 1.54) is 61.7 Å². The van der Waals surface area contributed by atoms with Crippen LogP contribution in [0, 0.1) is 0 Å². The second kappa shape index (κ2) is 6.47. The van der Waals surface area contributed by atoms with E-state index in [1.807, 2.05) is 11.3 Å². The molecule has 1 saturated carbocycles. The number of halogens is 1. The van der Waals surface area contributed by atoms with Gasteiger partial charge in [-0.2, -0.15) is 11.3 Å². The zero-order valence-corrected chi connectivity index (χ0v) is 14.7. The van der Waals surface area contributed by atoms with Crippen LogP contribution in [0.2, 0.25) is 0 Å². The van der Waals surface area contributed by atoms with E-state index in [2.05, 4.69) is 43.8 Å². The quantitative estimate of drug-likeness (QED) is 0.830. The summed E-state index contributed by atoms with van der Waals surface area (Å²) >= 11 is 5.58. The molecule has 1 aliphatic heterocycles. The highest BCUT2D eigenvalue weighted by atomic mass is 79.9. The predicted octanol–water partition coefficient (Wildman–Crippen LogP) is 4.57. The molecule has 0 amide bonds. The van der Waals surface area contributed by atoms with Gasteiger partial charge in [0.15, 0.2) is 0 Å². The molecule has 20 heavy (non-hydrogen) atoms. The van der Waals surface area contributed by atoms with Crippen molar-refractivity contribution in [1.82, 2.24) is 10.2 Å². The summed E-state index contributed by atoms with van der Waals surface area (Å²) in [5.74, 6) is 0. The Balaban J connectivity index is 1.96. The predicted molar refractivity (Wildman–Crippen MR) is 90.4 cm³/mol. The Morgan fingerprint density at radius 2 is 1.95 bits per heavy atom. The molecule has 0 spiro atoms. The molecule has 1 unspecified atom stereocenters. The van der Waals surface area contributed by atoms with Gasteiger partial charge >= 0.3 is 0 Å². The van der Waals surface area contributed by atoms with Crippen molar-refractivity contribution in [3.63, 3.8) is 0 Å². The van der Waals surface area contributed by atoms with E-state index in [9.17, 15) is 0 Å². The zero-order valence-electron chi connectivity index (χ0n) is 12.3. The molecule has 2 heterocycles. The third-order valence-corrected chi connectivity index (χ3v) is 6.86. The largest absolute Gasteiger partial charge is 0.309 e. The number of hydrogen-bond donors (Lipinski definition) is 1. The van der Waals surface area contributed by atoms with Crippen LogP contribution in [0.1, 0.15) is 57.1 Å². The minimum Gasteiger partial charge on any atom is -0.309 e. The van der Waals surface area contributed by atoms with E-state index in [4.69, 9.17) is 0 Å². The number of likely N-dealkylation sites (N-methyl/N-ethyl adjacent to an activating group) is 1. The van der Waals surface area contributed by atoms with Crippen molar-refractivity contribution in [3.05, 3.63) is 20.8 Å². The second-order valence-electron chi connectivity index (χ2n) is 6.17. The molecule has 1 saturated heterocycles. The average Bonchev–Trinajstić information content (AvgIpc) is 3.18. The molecule has 0 bridgehead atoms. The van der Waals surface area contributed by atoms with Gasteiger partial charge in [0.05, 0.1) is 6.04 Å². The molecule has 2 nitrogen and oxygen atoms in total. The van der Waals surface area contributed by atoms with Gasteiger partial charge in [-0.3, -0.25) is 4.90 Å². The minimum atomic E-state index is 0.357. The molecule has 1 aromatic rings. The highest BCUT2D eigenvalue weighted by Gasteiger charge is 2.47.